The highest BCUT2D eigenvalue weighted by Crippen LogP contribution is 2.47. The molecule has 0 saturated carbocycles. The summed E-state index contributed by atoms with van der Waals surface area (Å²) < 4.78 is 0. The fourth-order valence-electron chi connectivity index (χ4n) is 3.97. The van der Waals surface area contributed by atoms with Gasteiger partial charge in [0, 0.05) is 23.6 Å². The second-order valence-electron chi connectivity index (χ2n) is 7.64. The molecule has 26 heavy (non-hydrogen) atoms. The number of rotatable bonds is 2. The first kappa shape index (κ1) is 17.1. The van der Waals surface area contributed by atoms with Gasteiger partial charge in [-0.15, -0.1) is 0 Å². The average molecular weight is 367 g/mol. The average Bonchev–Trinajstić information content (AvgIpc) is 2.59. The Morgan fingerprint density at radius 1 is 1.15 bits per heavy atom. The molecule has 0 radical (unpaired) electrons. The number of Topliss-reactive ketones (excluding diaryl/α,β-unsaturated/α-hetero) is 1. The fourth-order valence-corrected chi connectivity index (χ4v) is 4.35. The molecule has 0 spiro atoms. The normalized spacial score (nSPS) is 21.0. The number of carbonyl (C=O) groups is 1. The van der Waals surface area contributed by atoms with Crippen molar-refractivity contribution in [2.24, 2.45) is 5.41 Å². The Morgan fingerprint density at radius 2 is 1.88 bits per heavy atom. The van der Waals surface area contributed by atoms with Crippen LogP contribution < -0.4 is 10.9 Å². The number of H-pyrrole nitrogens is 1. The zero-order valence-corrected chi connectivity index (χ0v) is 15.9. The van der Waals surface area contributed by atoms with Crippen LogP contribution in [0.4, 0.5) is 5.82 Å². The van der Waals surface area contributed by atoms with Crippen molar-refractivity contribution >= 4 is 23.4 Å². The number of ketones is 1. The van der Waals surface area contributed by atoms with Gasteiger partial charge in [0.05, 0.1) is 5.56 Å². The molecule has 1 atom stereocenters. The Hall–Kier alpha value is -2.34. The molecule has 0 fully saturated rings. The lowest BCUT2D eigenvalue weighted by Crippen LogP contribution is -2.37. The van der Waals surface area contributed by atoms with Crippen molar-refractivity contribution in [2.45, 2.75) is 37.8 Å². The lowest BCUT2D eigenvalue weighted by molar-refractivity contribution is -0.118. The topological polar surface area (TPSA) is 74.8 Å². The predicted octanol–water partition coefficient (Wildman–Crippen LogP) is 3.69. The van der Waals surface area contributed by atoms with Crippen molar-refractivity contribution in [1.29, 1.82) is 0 Å². The summed E-state index contributed by atoms with van der Waals surface area (Å²) in [5, 5.41) is 3.88. The van der Waals surface area contributed by atoms with E-state index < -0.39 is 0 Å². The molecular weight excluding hydrogens is 346 g/mol. The number of hydrogen-bond acceptors (Lipinski definition) is 5. The number of anilines is 1. The highest BCUT2D eigenvalue weighted by molar-refractivity contribution is 7.98. The second kappa shape index (κ2) is 6.13. The number of carbonyl (C=O) groups excluding carboxylic acids is 1. The molecule has 5 nitrogen and oxygen atoms in total. The van der Waals surface area contributed by atoms with Crippen LogP contribution in [0.3, 0.4) is 0 Å². The van der Waals surface area contributed by atoms with Crippen molar-refractivity contribution in [1.82, 2.24) is 9.97 Å². The Balaban J connectivity index is 1.98. The number of thioether (sulfide) groups is 1. The molecule has 134 valence electrons. The van der Waals surface area contributed by atoms with E-state index in [1.165, 1.54) is 11.8 Å². The summed E-state index contributed by atoms with van der Waals surface area (Å²) in [6.07, 6.45) is 3.13. The van der Waals surface area contributed by atoms with Gasteiger partial charge in [0.25, 0.3) is 5.56 Å². The third kappa shape index (κ3) is 2.78. The summed E-state index contributed by atoms with van der Waals surface area (Å²) in [6.45, 7) is 4.20. The first-order valence-corrected chi connectivity index (χ1v) is 9.88. The quantitative estimate of drug-likeness (QED) is 0.625. The SMILES string of the molecule is CSc1nc2c(c(=O)[nH]1)[C@H](c1ccccc1)C1=C(CC(C)(C)CC1=O)N2. The van der Waals surface area contributed by atoms with Gasteiger partial charge in [-0.2, -0.15) is 0 Å². The van der Waals surface area contributed by atoms with E-state index >= 15 is 0 Å². The van der Waals surface area contributed by atoms with Crippen LogP contribution in [0.1, 0.15) is 43.7 Å². The number of hydrogen-bond donors (Lipinski definition) is 2. The fraction of sp³-hybridized carbons (Fsp3) is 0.350. The van der Waals surface area contributed by atoms with Gasteiger partial charge in [-0.1, -0.05) is 55.9 Å². The van der Waals surface area contributed by atoms with E-state index in [2.05, 4.69) is 29.1 Å². The summed E-state index contributed by atoms with van der Waals surface area (Å²) in [7, 11) is 0. The number of aromatic nitrogens is 2. The van der Waals surface area contributed by atoms with Crippen molar-refractivity contribution in [3.8, 4) is 0 Å². The number of nitrogens with zero attached hydrogens (tertiary/aromatic N) is 1. The molecule has 6 heteroatoms. The number of fused-ring (bicyclic) bond motifs is 1. The van der Waals surface area contributed by atoms with E-state index in [1.807, 2.05) is 36.6 Å². The van der Waals surface area contributed by atoms with E-state index in [0.29, 0.717) is 28.5 Å². The van der Waals surface area contributed by atoms with Gasteiger partial charge in [-0.3, -0.25) is 9.59 Å². The standard InChI is InChI=1S/C20H21N3O2S/c1-20(2)9-12-15(13(24)10-20)14(11-7-5-4-6-8-11)16-17(21-12)22-19(26-3)23-18(16)25/h4-8,14H,9-10H2,1-3H3,(H2,21,22,23,25)/t14-/m1/s1. The molecule has 1 aromatic heterocycles. The van der Waals surface area contributed by atoms with Crippen LogP contribution in [0.15, 0.2) is 51.6 Å². The summed E-state index contributed by atoms with van der Waals surface area (Å²) in [4.78, 5) is 33.3. The molecule has 1 aromatic carbocycles. The van der Waals surface area contributed by atoms with E-state index in [9.17, 15) is 9.59 Å². The maximum absolute atomic E-state index is 13.0. The number of aromatic amines is 1. The Morgan fingerprint density at radius 3 is 2.58 bits per heavy atom. The molecule has 0 saturated heterocycles. The third-order valence-electron chi connectivity index (χ3n) is 5.03. The van der Waals surface area contributed by atoms with E-state index in [1.54, 1.807) is 0 Å². The molecule has 2 aromatic rings. The van der Waals surface area contributed by atoms with Gasteiger partial charge in [-0.05, 0) is 23.7 Å². The number of benzene rings is 1. The van der Waals surface area contributed by atoms with Gasteiger partial charge in [0.1, 0.15) is 5.82 Å². The van der Waals surface area contributed by atoms with Gasteiger partial charge in [0.2, 0.25) is 0 Å². The zero-order chi connectivity index (χ0) is 18.5. The smallest absolute Gasteiger partial charge is 0.257 e. The van der Waals surface area contributed by atoms with Crippen LogP contribution in [0.2, 0.25) is 0 Å². The van der Waals surface area contributed by atoms with Crippen LogP contribution in [0.25, 0.3) is 0 Å². The molecular formula is C20H21N3O2S. The summed E-state index contributed by atoms with van der Waals surface area (Å²) in [5.74, 6) is 0.297. The van der Waals surface area contributed by atoms with Crippen molar-refractivity contribution in [3.63, 3.8) is 0 Å². The highest BCUT2D eigenvalue weighted by Gasteiger charge is 2.42. The summed E-state index contributed by atoms with van der Waals surface area (Å²) >= 11 is 1.39. The van der Waals surface area contributed by atoms with Crippen LogP contribution in [-0.2, 0) is 4.79 Å². The predicted molar refractivity (Wildman–Crippen MR) is 104 cm³/mol. The first-order valence-electron chi connectivity index (χ1n) is 8.66. The molecule has 2 heterocycles. The minimum absolute atomic E-state index is 0.106. The molecule has 0 bridgehead atoms. The van der Waals surface area contributed by atoms with Crippen LogP contribution >= 0.6 is 11.8 Å². The molecule has 2 N–H and O–H groups in total. The second-order valence-corrected chi connectivity index (χ2v) is 8.43. The molecule has 1 aliphatic heterocycles. The maximum Gasteiger partial charge on any atom is 0.257 e. The van der Waals surface area contributed by atoms with Gasteiger partial charge in [0.15, 0.2) is 10.9 Å². The van der Waals surface area contributed by atoms with Crippen molar-refractivity contribution < 1.29 is 4.79 Å². The van der Waals surface area contributed by atoms with Crippen LogP contribution in [-0.4, -0.2) is 22.0 Å². The molecule has 4 rings (SSSR count). The number of nitrogens with one attached hydrogen (secondary N) is 2. The van der Waals surface area contributed by atoms with E-state index in [4.69, 9.17) is 0 Å². The Labute approximate surface area is 156 Å². The maximum atomic E-state index is 13.0. The molecule has 0 amide bonds. The van der Waals surface area contributed by atoms with E-state index in [0.717, 1.165) is 17.7 Å². The van der Waals surface area contributed by atoms with E-state index in [-0.39, 0.29) is 22.7 Å². The molecule has 2 aliphatic rings. The Kier molecular flexibility index (Phi) is 4.03. The lowest BCUT2D eigenvalue weighted by Gasteiger charge is -2.38. The van der Waals surface area contributed by atoms with Crippen LogP contribution in [0.5, 0.6) is 0 Å². The summed E-state index contributed by atoms with van der Waals surface area (Å²) in [5.41, 5.74) is 2.79. The zero-order valence-electron chi connectivity index (χ0n) is 15.1. The highest BCUT2D eigenvalue weighted by atomic mass is 32.2. The van der Waals surface area contributed by atoms with Gasteiger partial charge in [-0.25, -0.2) is 4.98 Å². The largest absolute Gasteiger partial charge is 0.343 e. The minimum Gasteiger partial charge on any atom is -0.343 e. The number of allylic oxidation sites excluding steroid dienone is 2. The molecule has 0 unspecified atom stereocenters. The third-order valence-corrected chi connectivity index (χ3v) is 5.61. The van der Waals surface area contributed by atoms with Crippen molar-refractivity contribution in [2.75, 3.05) is 11.6 Å². The summed E-state index contributed by atoms with van der Waals surface area (Å²) in [6, 6.07) is 9.75. The van der Waals surface area contributed by atoms with Crippen LogP contribution in [0, 0.1) is 5.41 Å². The molecule has 1 aliphatic carbocycles. The minimum atomic E-state index is -0.377. The monoisotopic (exact) mass is 367 g/mol. The van der Waals surface area contributed by atoms with Gasteiger partial charge < -0.3 is 10.3 Å². The Bertz CT molecular complexity index is 976. The van der Waals surface area contributed by atoms with Crippen molar-refractivity contribution in [3.05, 3.63) is 63.1 Å². The lowest BCUT2D eigenvalue weighted by atomic mass is 9.69. The first-order chi connectivity index (χ1) is 12.4. The van der Waals surface area contributed by atoms with Gasteiger partial charge >= 0.3 is 0 Å².